The molecule has 0 bridgehead atoms. The van der Waals surface area contributed by atoms with Crippen LogP contribution in [0.4, 0.5) is 5.82 Å². The molecule has 1 amide bonds. The molecule has 7 heteroatoms. The number of ether oxygens (including phenoxy) is 1. The molecule has 0 aliphatic carbocycles. The van der Waals surface area contributed by atoms with E-state index in [2.05, 4.69) is 9.88 Å². The zero-order valence-electron chi connectivity index (χ0n) is 20.1. The molecule has 7 nitrogen and oxygen atoms in total. The van der Waals surface area contributed by atoms with Crippen molar-refractivity contribution in [3.05, 3.63) is 66.4 Å². The third-order valence-corrected chi connectivity index (χ3v) is 7.86. The fourth-order valence-electron chi connectivity index (χ4n) is 5.75. The predicted molar refractivity (Wildman–Crippen MR) is 136 cm³/mol. The maximum atomic E-state index is 13.8. The van der Waals surface area contributed by atoms with Crippen molar-refractivity contribution in [2.75, 3.05) is 31.1 Å². The van der Waals surface area contributed by atoms with Gasteiger partial charge < -0.3 is 14.5 Å². The summed E-state index contributed by atoms with van der Waals surface area (Å²) in [6.45, 7) is 5.04. The largest absolute Gasteiger partial charge is 0.355 e. The van der Waals surface area contributed by atoms with Crippen molar-refractivity contribution in [3.63, 3.8) is 0 Å². The van der Waals surface area contributed by atoms with Crippen LogP contribution in [0.2, 0.25) is 0 Å². The number of anilines is 1. The second kappa shape index (κ2) is 9.04. The summed E-state index contributed by atoms with van der Waals surface area (Å²) in [6, 6.07) is 18.0. The van der Waals surface area contributed by atoms with E-state index in [1.807, 2.05) is 72.6 Å². The average molecular weight is 470 g/mol. The van der Waals surface area contributed by atoms with E-state index in [1.54, 1.807) is 0 Å². The lowest BCUT2D eigenvalue weighted by Crippen LogP contribution is -2.55. The molecule has 3 aliphatic rings. The maximum absolute atomic E-state index is 13.8. The number of carbonyl (C=O) groups is 1. The summed E-state index contributed by atoms with van der Waals surface area (Å²) in [6.07, 6.45) is 5.13. The number of piperidine rings is 2. The quantitative estimate of drug-likeness (QED) is 0.567. The van der Waals surface area contributed by atoms with Crippen LogP contribution in [-0.2, 0) is 9.53 Å². The summed E-state index contributed by atoms with van der Waals surface area (Å²) in [5.74, 6) is 1.18. The van der Waals surface area contributed by atoms with Gasteiger partial charge >= 0.3 is 0 Å². The second-order valence-corrected chi connectivity index (χ2v) is 10.00. The number of amides is 1. The molecule has 180 valence electrons. The molecule has 4 heterocycles. The van der Waals surface area contributed by atoms with E-state index >= 15 is 0 Å². The van der Waals surface area contributed by atoms with Crippen LogP contribution in [0.1, 0.15) is 44.4 Å². The zero-order chi connectivity index (χ0) is 23.8. The number of benzene rings is 2. The van der Waals surface area contributed by atoms with Gasteiger partial charge in [0.25, 0.3) is 0 Å². The monoisotopic (exact) mass is 469 g/mol. The molecule has 2 aromatic carbocycles. The lowest BCUT2D eigenvalue weighted by molar-refractivity contribution is -0.149. The van der Waals surface area contributed by atoms with Gasteiger partial charge in [0.15, 0.2) is 6.23 Å². The SMILES string of the molecule is CC1=NC(c2ccccc2)OC1CN1CCCC2(CCN(c3cnc4ccccc4n3)CC2)C1=O. The Bertz CT molecular complexity index is 1250. The molecular weight excluding hydrogens is 438 g/mol. The van der Waals surface area contributed by atoms with Crippen LogP contribution < -0.4 is 4.90 Å². The Labute approximate surface area is 205 Å². The molecule has 2 saturated heterocycles. The Morgan fingerprint density at radius 1 is 0.971 bits per heavy atom. The lowest BCUT2D eigenvalue weighted by atomic mass is 9.71. The van der Waals surface area contributed by atoms with Gasteiger partial charge in [-0.05, 0) is 44.7 Å². The summed E-state index contributed by atoms with van der Waals surface area (Å²) in [5, 5.41) is 0. The summed E-state index contributed by atoms with van der Waals surface area (Å²) in [4.78, 5) is 32.2. The van der Waals surface area contributed by atoms with Gasteiger partial charge in [-0.1, -0.05) is 42.5 Å². The van der Waals surface area contributed by atoms with Crippen LogP contribution >= 0.6 is 0 Å². The highest BCUT2D eigenvalue weighted by atomic mass is 16.5. The standard InChI is InChI=1S/C28H31N5O2/c1-20-24(35-26(30-20)21-8-3-2-4-9-21)19-33-15-7-12-28(27(33)34)13-16-32(17-14-28)25-18-29-22-10-5-6-11-23(22)31-25/h2-6,8-11,18,24,26H,7,12-17,19H2,1H3. The fourth-order valence-corrected chi connectivity index (χ4v) is 5.75. The van der Waals surface area contributed by atoms with Crippen LogP contribution in [0.3, 0.4) is 0 Å². The highest BCUT2D eigenvalue weighted by Gasteiger charge is 2.46. The van der Waals surface area contributed by atoms with E-state index in [0.717, 1.165) is 73.4 Å². The van der Waals surface area contributed by atoms with Crippen LogP contribution in [0.5, 0.6) is 0 Å². The summed E-state index contributed by atoms with van der Waals surface area (Å²) >= 11 is 0. The number of nitrogens with zero attached hydrogens (tertiary/aromatic N) is 5. The molecule has 3 aromatic rings. The molecule has 3 aliphatic heterocycles. The van der Waals surface area contributed by atoms with E-state index in [-0.39, 0.29) is 23.7 Å². The Morgan fingerprint density at radius 2 is 1.71 bits per heavy atom. The van der Waals surface area contributed by atoms with E-state index in [9.17, 15) is 4.79 Å². The predicted octanol–water partition coefficient (Wildman–Crippen LogP) is 4.40. The lowest BCUT2D eigenvalue weighted by Gasteiger charge is -2.47. The Morgan fingerprint density at radius 3 is 2.51 bits per heavy atom. The van der Waals surface area contributed by atoms with Gasteiger partial charge in [-0.15, -0.1) is 0 Å². The minimum Gasteiger partial charge on any atom is -0.355 e. The summed E-state index contributed by atoms with van der Waals surface area (Å²) in [7, 11) is 0. The van der Waals surface area contributed by atoms with Gasteiger partial charge in [0.2, 0.25) is 5.91 Å². The fraction of sp³-hybridized carbons (Fsp3) is 0.429. The Balaban J connectivity index is 1.11. The number of likely N-dealkylation sites (tertiary alicyclic amines) is 1. The van der Waals surface area contributed by atoms with Crippen LogP contribution in [0.25, 0.3) is 11.0 Å². The third kappa shape index (κ3) is 4.18. The van der Waals surface area contributed by atoms with E-state index in [4.69, 9.17) is 14.7 Å². The first kappa shape index (κ1) is 22.2. The number of aromatic nitrogens is 2. The number of hydrogen-bond donors (Lipinski definition) is 0. The molecular formula is C28H31N5O2. The number of hydrogen-bond acceptors (Lipinski definition) is 6. The molecule has 2 unspecified atom stereocenters. The number of fused-ring (bicyclic) bond motifs is 1. The molecule has 0 radical (unpaired) electrons. The van der Waals surface area contributed by atoms with Gasteiger partial charge in [-0.25, -0.2) is 4.98 Å². The molecule has 1 spiro atoms. The first-order valence-corrected chi connectivity index (χ1v) is 12.6. The van der Waals surface area contributed by atoms with E-state index in [0.29, 0.717) is 6.54 Å². The van der Waals surface area contributed by atoms with Crippen molar-refractivity contribution < 1.29 is 9.53 Å². The summed E-state index contributed by atoms with van der Waals surface area (Å²) in [5.41, 5.74) is 3.57. The highest BCUT2D eigenvalue weighted by Crippen LogP contribution is 2.42. The smallest absolute Gasteiger partial charge is 0.229 e. The number of aliphatic imine (C=N–C) groups is 1. The first-order chi connectivity index (χ1) is 17.1. The van der Waals surface area contributed by atoms with Gasteiger partial charge in [-0.2, -0.15) is 0 Å². The topological polar surface area (TPSA) is 70.9 Å². The maximum Gasteiger partial charge on any atom is 0.229 e. The second-order valence-electron chi connectivity index (χ2n) is 10.00. The average Bonchev–Trinajstić information content (AvgIpc) is 3.27. The van der Waals surface area contributed by atoms with Crippen LogP contribution in [0.15, 0.2) is 65.8 Å². The molecule has 6 rings (SSSR count). The third-order valence-electron chi connectivity index (χ3n) is 7.86. The van der Waals surface area contributed by atoms with Gasteiger partial charge in [0.1, 0.15) is 11.9 Å². The molecule has 2 fully saturated rings. The molecule has 35 heavy (non-hydrogen) atoms. The van der Waals surface area contributed by atoms with E-state index < -0.39 is 0 Å². The van der Waals surface area contributed by atoms with Crippen LogP contribution in [-0.4, -0.2) is 58.8 Å². The van der Waals surface area contributed by atoms with Crippen molar-refractivity contribution in [1.82, 2.24) is 14.9 Å². The Hall–Kier alpha value is -3.32. The molecule has 0 N–H and O–H groups in total. The minimum atomic E-state index is -0.277. The van der Waals surface area contributed by atoms with Crippen molar-refractivity contribution in [2.24, 2.45) is 10.4 Å². The zero-order valence-corrected chi connectivity index (χ0v) is 20.1. The van der Waals surface area contributed by atoms with Gasteiger partial charge in [-0.3, -0.25) is 14.8 Å². The van der Waals surface area contributed by atoms with Crippen molar-refractivity contribution >= 4 is 28.5 Å². The van der Waals surface area contributed by atoms with Gasteiger partial charge in [0, 0.05) is 30.9 Å². The number of para-hydroxylation sites is 2. The van der Waals surface area contributed by atoms with Gasteiger partial charge in [0.05, 0.1) is 29.2 Å². The first-order valence-electron chi connectivity index (χ1n) is 12.6. The Kier molecular flexibility index (Phi) is 5.72. The molecule has 1 aromatic heterocycles. The normalized spacial score (nSPS) is 24.3. The van der Waals surface area contributed by atoms with E-state index in [1.165, 1.54) is 0 Å². The van der Waals surface area contributed by atoms with Crippen molar-refractivity contribution in [3.8, 4) is 0 Å². The highest BCUT2D eigenvalue weighted by molar-refractivity contribution is 5.89. The number of rotatable bonds is 4. The van der Waals surface area contributed by atoms with Crippen LogP contribution in [0, 0.1) is 5.41 Å². The van der Waals surface area contributed by atoms with Crippen molar-refractivity contribution in [1.29, 1.82) is 0 Å². The molecule has 0 saturated carbocycles. The van der Waals surface area contributed by atoms with Crippen molar-refractivity contribution in [2.45, 2.75) is 44.9 Å². The number of carbonyl (C=O) groups excluding carboxylic acids is 1. The summed E-state index contributed by atoms with van der Waals surface area (Å²) < 4.78 is 6.28. The minimum absolute atomic E-state index is 0.146. The molecule has 2 atom stereocenters.